The Hall–Kier alpha value is -0.670. The standard InChI is InChI=1S/C10H8BrNS/c1-7-9(11)12-10(13-7)8-5-3-2-4-6-8/h2-6H,1H3. The Labute approximate surface area is 89.6 Å². The molecule has 0 fully saturated rings. The molecule has 0 atom stereocenters. The molecule has 0 aliphatic rings. The van der Waals surface area contributed by atoms with E-state index in [4.69, 9.17) is 0 Å². The van der Waals surface area contributed by atoms with Gasteiger partial charge in [-0.3, -0.25) is 0 Å². The second-order valence-electron chi connectivity index (χ2n) is 2.73. The number of aryl methyl sites for hydroxylation is 1. The van der Waals surface area contributed by atoms with Crippen molar-refractivity contribution >= 4 is 27.3 Å². The van der Waals surface area contributed by atoms with Crippen molar-refractivity contribution < 1.29 is 0 Å². The number of rotatable bonds is 1. The summed E-state index contributed by atoms with van der Waals surface area (Å²) in [5.74, 6) is 0. The first kappa shape index (κ1) is 8.91. The van der Waals surface area contributed by atoms with Crippen LogP contribution in [0.3, 0.4) is 0 Å². The molecule has 0 saturated carbocycles. The molecule has 1 aromatic heterocycles. The van der Waals surface area contributed by atoms with Gasteiger partial charge in [-0.05, 0) is 22.9 Å². The molecule has 0 radical (unpaired) electrons. The predicted molar refractivity (Wildman–Crippen MR) is 60.0 cm³/mol. The van der Waals surface area contributed by atoms with Gasteiger partial charge in [-0.1, -0.05) is 30.3 Å². The fourth-order valence-electron chi connectivity index (χ4n) is 1.08. The molecule has 0 aliphatic heterocycles. The van der Waals surface area contributed by atoms with Gasteiger partial charge >= 0.3 is 0 Å². The summed E-state index contributed by atoms with van der Waals surface area (Å²) in [7, 11) is 0. The third-order valence-electron chi connectivity index (χ3n) is 1.76. The number of hydrogen-bond donors (Lipinski definition) is 0. The van der Waals surface area contributed by atoms with Crippen LogP contribution in [0.1, 0.15) is 4.88 Å². The summed E-state index contributed by atoms with van der Waals surface area (Å²) in [6.45, 7) is 2.06. The Morgan fingerprint density at radius 2 is 1.92 bits per heavy atom. The molecule has 13 heavy (non-hydrogen) atoms. The van der Waals surface area contributed by atoms with E-state index < -0.39 is 0 Å². The van der Waals surface area contributed by atoms with E-state index in [2.05, 4.69) is 40.0 Å². The third kappa shape index (κ3) is 1.81. The SMILES string of the molecule is Cc1sc(-c2ccccc2)nc1Br. The zero-order chi connectivity index (χ0) is 9.26. The molecule has 2 rings (SSSR count). The molecular formula is C10H8BrNS. The van der Waals surface area contributed by atoms with Crippen LogP contribution in [-0.2, 0) is 0 Å². The van der Waals surface area contributed by atoms with Gasteiger partial charge in [0.2, 0.25) is 0 Å². The van der Waals surface area contributed by atoms with Gasteiger partial charge in [0.15, 0.2) is 0 Å². The Kier molecular flexibility index (Phi) is 2.47. The van der Waals surface area contributed by atoms with E-state index in [0.717, 1.165) is 9.61 Å². The summed E-state index contributed by atoms with van der Waals surface area (Å²) >= 11 is 5.12. The molecule has 0 unspecified atom stereocenters. The van der Waals surface area contributed by atoms with Crippen LogP contribution in [0.2, 0.25) is 0 Å². The number of thiazole rings is 1. The van der Waals surface area contributed by atoms with Gasteiger partial charge in [0.25, 0.3) is 0 Å². The lowest BCUT2D eigenvalue weighted by Gasteiger charge is -1.92. The van der Waals surface area contributed by atoms with Crippen molar-refractivity contribution in [2.75, 3.05) is 0 Å². The Bertz CT molecular complexity index is 389. The molecule has 1 heterocycles. The molecular weight excluding hydrogens is 246 g/mol. The lowest BCUT2D eigenvalue weighted by atomic mass is 10.2. The smallest absolute Gasteiger partial charge is 0.124 e. The summed E-state index contributed by atoms with van der Waals surface area (Å²) in [4.78, 5) is 5.64. The number of aromatic nitrogens is 1. The highest BCUT2D eigenvalue weighted by atomic mass is 79.9. The van der Waals surface area contributed by atoms with Gasteiger partial charge in [-0.25, -0.2) is 4.98 Å². The summed E-state index contributed by atoms with van der Waals surface area (Å²) < 4.78 is 0.955. The summed E-state index contributed by atoms with van der Waals surface area (Å²) in [5.41, 5.74) is 1.18. The van der Waals surface area contributed by atoms with Crippen LogP contribution >= 0.6 is 27.3 Å². The van der Waals surface area contributed by atoms with Crippen molar-refractivity contribution in [3.05, 3.63) is 39.8 Å². The van der Waals surface area contributed by atoms with Gasteiger partial charge in [-0.2, -0.15) is 0 Å². The number of benzene rings is 1. The van der Waals surface area contributed by atoms with Crippen LogP contribution in [0.25, 0.3) is 10.6 Å². The van der Waals surface area contributed by atoms with Crippen LogP contribution in [0.15, 0.2) is 34.9 Å². The quantitative estimate of drug-likeness (QED) is 0.752. The molecule has 0 amide bonds. The van der Waals surface area contributed by atoms with E-state index >= 15 is 0 Å². The minimum absolute atomic E-state index is 0.955. The molecule has 2 aromatic rings. The van der Waals surface area contributed by atoms with Crippen molar-refractivity contribution in [2.45, 2.75) is 6.92 Å². The van der Waals surface area contributed by atoms with E-state index in [1.54, 1.807) is 11.3 Å². The van der Waals surface area contributed by atoms with Crippen molar-refractivity contribution in [3.8, 4) is 10.6 Å². The van der Waals surface area contributed by atoms with Crippen LogP contribution in [0.4, 0.5) is 0 Å². The fourth-order valence-corrected chi connectivity index (χ4v) is 2.43. The number of nitrogens with zero attached hydrogens (tertiary/aromatic N) is 1. The molecule has 0 spiro atoms. The first-order valence-corrected chi connectivity index (χ1v) is 5.56. The maximum Gasteiger partial charge on any atom is 0.124 e. The third-order valence-corrected chi connectivity index (χ3v) is 3.82. The van der Waals surface area contributed by atoms with E-state index in [1.165, 1.54) is 10.4 Å². The summed E-state index contributed by atoms with van der Waals surface area (Å²) in [6, 6.07) is 10.2. The molecule has 1 nitrogen and oxygen atoms in total. The Morgan fingerprint density at radius 3 is 2.46 bits per heavy atom. The molecule has 0 bridgehead atoms. The average molecular weight is 254 g/mol. The predicted octanol–water partition coefficient (Wildman–Crippen LogP) is 3.88. The first-order chi connectivity index (χ1) is 6.27. The highest BCUT2D eigenvalue weighted by Crippen LogP contribution is 2.29. The average Bonchev–Trinajstić information content (AvgIpc) is 2.49. The Morgan fingerprint density at radius 1 is 1.23 bits per heavy atom. The van der Waals surface area contributed by atoms with Gasteiger partial charge < -0.3 is 0 Å². The van der Waals surface area contributed by atoms with E-state index in [0.29, 0.717) is 0 Å². The monoisotopic (exact) mass is 253 g/mol. The van der Waals surface area contributed by atoms with Gasteiger partial charge in [0.05, 0.1) is 0 Å². The fraction of sp³-hybridized carbons (Fsp3) is 0.100. The second-order valence-corrected chi connectivity index (χ2v) is 4.69. The largest absolute Gasteiger partial charge is 0.229 e. The summed E-state index contributed by atoms with van der Waals surface area (Å²) in [6.07, 6.45) is 0. The highest BCUT2D eigenvalue weighted by molar-refractivity contribution is 9.10. The van der Waals surface area contributed by atoms with E-state index in [-0.39, 0.29) is 0 Å². The lowest BCUT2D eigenvalue weighted by Crippen LogP contribution is -1.73. The normalized spacial score (nSPS) is 10.3. The van der Waals surface area contributed by atoms with Gasteiger partial charge in [0, 0.05) is 10.4 Å². The van der Waals surface area contributed by atoms with Crippen LogP contribution in [0, 0.1) is 6.92 Å². The second kappa shape index (κ2) is 3.60. The number of halogens is 1. The highest BCUT2D eigenvalue weighted by Gasteiger charge is 2.05. The summed E-state index contributed by atoms with van der Waals surface area (Å²) in [5, 5.41) is 1.07. The Balaban J connectivity index is 2.48. The van der Waals surface area contributed by atoms with E-state index in [1.807, 2.05) is 18.2 Å². The van der Waals surface area contributed by atoms with Crippen LogP contribution in [0.5, 0.6) is 0 Å². The zero-order valence-electron chi connectivity index (χ0n) is 7.12. The molecule has 1 aromatic carbocycles. The van der Waals surface area contributed by atoms with E-state index in [9.17, 15) is 0 Å². The van der Waals surface area contributed by atoms with Crippen LogP contribution < -0.4 is 0 Å². The zero-order valence-corrected chi connectivity index (χ0v) is 9.52. The first-order valence-electron chi connectivity index (χ1n) is 3.96. The molecule has 3 heteroatoms. The van der Waals surface area contributed by atoms with Crippen LogP contribution in [-0.4, -0.2) is 4.98 Å². The molecule has 0 saturated heterocycles. The van der Waals surface area contributed by atoms with Crippen molar-refractivity contribution in [3.63, 3.8) is 0 Å². The molecule has 0 aliphatic carbocycles. The maximum atomic E-state index is 4.42. The van der Waals surface area contributed by atoms with Crippen molar-refractivity contribution in [1.82, 2.24) is 4.98 Å². The number of hydrogen-bond acceptors (Lipinski definition) is 2. The van der Waals surface area contributed by atoms with Crippen molar-refractivity contribution in [1.29, 1.82) is 0 Å². The van der Waals surface area contributed by atoms with Gasteiger partial charge in [-0.15, -0.1) is 11.3 Å². The lowest BCUT2D eigenvalue weighted by molar-refractivity contribution is 1.32. The topological polar surface area (TPSA) is 12.9 Å². The maximum absolute atomic E-state index is 4.42. The van der Waals surface area contributed by atoms with Crippen molar-refractivity contribution in [2.24, 2.45) is 0 Å². The minimum atomic E-state index is 0.955. The molecule has 0 N–H and O–H groups in total. The minimum Gasteiger partial charge on any atom is -0.229 e. The molecule has 66 valence electrons. The van der Waals surface area contributed by atoms with Gasteiger partial charge in [0.1, 0.15) is 9.61 Å².